The number of carbonyl (C=O) groups excluding carboxylic acids is 1. The first-order valence-electron chi connectivity index (χ1n) is 7.16. The van der Waals surface area contributed by atoms with Gasteiger partial charge in [-0.15, -0.1) is 0 Å². The summed E-state index contributed by atoms with van der Waals surface area (Å²) in [6.07, 6.45) is 0.973. The maximum absolute atomic E-state index is 12.2. The van der Waals surface area contributed by atoms with Crippen LogP contribution in [-0.4, -0.2) is 27.0 Å². The lowest BCUT2D eigenvalue weighted by molar-refractivity contribution is 0.0988. The second-order valence-electron chi connectivity index (χ2n) is 5.25. The van der Waals surface area contributed by atoms with Gasteiger partial charge in [-0.3, -0.25) is 4.79 Å². The van der Waals surface area contributed by atoms with Crippen LogP contribution in [0.5, 0.6) is 5.75 Å². The van der Waals surface area contributed by atoms with Gasteiger partial charge in [0.15, 0.2) is 5.78 Å². The molecule has 1 N–H and O–H groups in total. The predicted octanol–water partition coefficient (Wildman–Crippen LogP) is 2.56. The SMILES string of the molecule is CC(NCC(=O)c1ccc(OS(C)(=O)=O)cc1)c1ccccc1. The number of ketones is 1. The molecule has 2 aromatic rings. The highest BCUT2D eigenvalue weighted by Gasteiger charge is 2.10. The Kier molecular flexibility index (Phi) is 5.52. The molecular formula is C17H19NO4S. The van der Waals surface area contributed by atoms with E-state index in [1.807, 2.05) is 37.3 Å². The largest absolute Gasteiger partial charge is 0.383 e. The van der Waals surface area contributed by atoms with E-state index in [2.05, 4.69) is 5.32 Å². The normalized spacial score (nSPS) is 12.6. The summed E-state index contributed by atoms with van der Waals surface area (Å²) in [7, 11) is -3.56. The van der Waals surface area contributed by atoms with E-state index in [1.54, 1.807) is 12.1 Å². The number of hydrogen-bond acceptors (Lipinski definition) is 5. The Labute approximate surface area is 136 Å². The molecule has 122 valence electrons. The van der Waals surface area contributed by atoms with Crippen LogP contribution in [0.2, 0.25) is 0 Å². The van der Waals surface area contributed by atoms with E-state index in [0.29, 0.717) is 5.56 Å². The van der Waals surface area contributed by atoms with E-state index in [1.165, 1.54) is 12.1 Å². The van der Waals surface area contributed by atoms with E-state index in [4.69, 9.17) is 4.18 Å². The number of Topliss-reactive ketones (excluding diaryl/α,β-unsaturated/α-hetero) is 1. The van der Waals surface area contributed by atoms with Crippen LogP contribution >= 0.6 is 0 Å². The van der Waals surface area contributed by atoms with Gasteiger partial charge in [-0.25, -0.2) is 0 Å². The van der Waals surface area contributed by atoms with Crippen molar-refractivity contribution >= 4 is 15.9 Å². The fraction of sp³-hybridized carbons (Fsp3) is 0.235. The molecule has 0 fully saturated rings. The first-order chi connectivity index (χ1) is 10.8. The van der Waals surface area contributed by atoms with Crippen molar-refractivity contribution in [3.63, 3.8) is 0 Å². The van der Waals surface area contributed by atoms with E-state index in [-0.39, 0.29) is 24.1 Å². The van der Waals surface area contributed by atoms with Crippen molar-refractivity contribution in [2.45, 2.75) is 13.0 Å². The Bertz CT molecular complexity index is 755. The Hall–Kier alpha value is -2.18. The third-order valence-corrected chi connectivity index (χ3v) is 3.79. The standard InChI is InChI=1S/C17H19NO4S/c1-13(14-6-4-3-5-7-14)18-12-17(19)15-8-10-16(11-9-15)22-23(2,20)21/h3-11,13,18H,12H2,1-2H3. The summed E-state index contributed by atoms with van der Waals surface area (Å²) in [5.74, 6) is 0.119. The van der Waals surface area contributed by atoms with Gasteiger partial charge in [-0.2, -0.15) is 8.42 Å². The summed E-state index contributed by atoms with van der Waals surface area (Å²) in [5.41, 5.74) is 1.61. The molecule has 0 amide bonds. The number of nitrogens with one attached hydrogen (secondary N) is 1. The molecule has 0 heterocycles. The first-order valence-corrected chi connectivity index (χ1v) is 8.98. The highest BCUT2D eigenvalue weighted by Crippen LogP contribution is 2.15. The van der Waals surface area contributed by atoms with Crippen LogP contribution in [0.25, 0.3) is 0 Å². The smallest absolute Gasteiger partial charge is 0.306 e. The molecule has 0 bridgehead atoms. The van der Waals surface area contributed by atoms with Gasteiger partial charge in [0.1, 0.15) is 5.75 Å². The summed E-state index contributed by atoms with van der Waals surface area (Å²) >= 11 is 0. The van der Waals surface area contributed by atoms with Crippen molar-refractivity contribution in [1.82, 2.24) is 5.32 Å². The first kappa shape index (κ1) is 17.2. The van der Waals surface area contributed by atoms with Gasteiger partial charge in [-0.05, 0) is 36.8 Å². The zero-order valence-corrected chi connectivity index (χ0v) is 13.8. The van der Waals surface area contributed by atoms with Crippen molar-refractivity contribution in [3.8, 4) is 5.75 Å². The lowest BCUT2D eigenvalue weighted by Crippen LogP contribution is -2.26. The molecule has 5 nitrogen and oxygen atoms in total. The second kappa shape index (κ2) is 7.39. The molecule has 1 atom stereocenters. The molecule has 1 unspecified atom stereocenters. The molecule has 2 aromatic carbocycles. The van der Waals surface area contributed by atoms with Crippen molar-refractivity contribution in [2.75, 3.05) is 12.8 Å². The second-order valence-corrected chi connectivity index (χ2v) is 6.82. The zero-order valence-electron chi connectivity index (χ0n) is 13.0. The Balaban J connectivity index is 1.93. The summed E-state index contributed by atoms with van der Waals surface area (Å²) in [4.78, 5) is 12.2. The highest BCUT2D eigenvalue weighted by atomic mass is 32.2. The molecule has 6 heteroatoms. The molecular weight excluding hydrogens is 314 g/mol. The quantitative estimate of drug-likeness (QED) is 0.623. The lowest BCUT2D eigenvalue weighted by atomic mass is 10.1. The molecule has 0 spiro atoms. The third kappa shape index (κ3) is 5.50. The molecule has 0 aromatic heterocycles. The zero-order chi connectivity index (χ0) is 16.9. The van der Waals surface area contributed by atoms with E-state index < -0.39 is 10.1 Å². The van der Waals surface area contributed by atoms with Crippen molar-refractivity contribution in [1.29, 1.82) is 0 Å². The van der Waals surface area contributed by atoms with E-state index in [9.17, 15) is 13.2 Å². The summed E-state index contributed by atoms with van der Waals surface area (Å²) in [6.45, 7) is 2.19. The van der Waals surface area contributed by atoms with Gasteiger partial charge in [0, 0.05) is 11.6 Å². The van der Waals surface area contributed by atoms with Crippen LogP contribution in [0.1, 0.15) is 28.9 Å². The van der Waals surface area contributed by atoms with Gasteiger partial charge in [0.25, 0.3) is 0 Å². The van der Waals surface area contributed by atoms with Crippen molar-refractivity contribution < 1.29 is 17.4 Å². The molecule has 23 heavy (non-hydrogen) atoms. The Morgan fingerprint density at radius 2 is 1.70 bits per heavy atom. The molecule has 0 aliphatic heterocycles. The average Bonchev–Trinajstić information content (AvgIpc) is 2.52. The van der Waals surface area contributed by atoms with Crippen molar-refractivity contribution in [3.05, 3.63) is 65.7 Å². The average molecular weight is 333 g/mol. The number of rotatable bonds is 7. The highest BCUT2D eigenvalue weighted by molar-refractivity contribution is 7.86. The van der Waals surface area contributed by atoms with Gasteiger partial charge in [-0.1, -0.05) is 30.3 Å². The molecule has 0 radical (unpaired) electrons. The fourth-order valence-corrected chi connectivity index (χ4v) is 2.54. The number of benzene rings is 2. The minimum atomic E-state index is -3.56. The third-order valence-electron chi connectivity index (χ3n) is 3.29. The van der Waals surface area contributed by atoms with Gasteiger partial charge < -0.3 is 9.50 Å². The molecule has 0 saturated carbocycles. The van der Waals surface area contributed by atoms with Crippen LogP contribution in [0.3, 0.4) is 0 Å². The minimum Gasteiger partial charge on any atom is -0.383 e. The van der Waals surface area contributed by atoms with Gasteiger partial charge >= 0.3 is 10.1 Å². The van der Waals surface area contributed by atoms with Gasteiger partial charge in [0.2, 0.25) is 0 Å². The summed E-state index contributed by atoms with van der Waals surface area (Å²) in [5, 5.41) is 3.17. The van der Waals surface area contributed by atoms with Crippen LogP contribution in [0.15, 0.2) is 54.6 Å². The minimum absolute atomic E-state index is 0.0630. The van der Waals surface area contributed by atoms with Crippen molar-refractivity contribution in [2.24, 2.45) is 0 Å². The monoisotopic (exact) mass is 333 g/mol. The topological polar surface area (TPSA) is 72.5 Å². The van der Waals surface area contributed by atoms with Crippen LogP contribution in [0.4, 0.5) is 0 Å². The van der Waals surface area contributed by atoms with Crippen LogP contribution in [0, 0.1) is 0 Å². The maximum Gasteiger partial charge on any atom is 0.306 e. The summed E-state index contributed by atoms with van der Waals surface area (Å²) in [6, 6.07) is 16.0. The van der Waals surface area contributed by atoms with E-state index >= 15 is 0 Å². The Morgan fingerprint density at radius 3 is 2.26 bits per heavy atom. The number of hydrogen-bond donors (Lipinski definition) is 1. The molecule has 0 aliphatic rings. The molecule has 0 saturated heterocycles. The van der Waals surface area contributed by atoms with Gasteiger partial charge in [0.05, 0.1) is 12.8 Å². The fourth-order valence-electron chi connectivity index (χ4n) is 2.08. The molecule has 0 aliphatic carbocycles. The number of carbonyl (C=O) groups is 1. The Morgan fingerprint density at radius 1 is 1.09 bits per heavy atom. The van der Waals surface area contributed by atoms with Crippen LogP contribution < -0.4 is 9.50 Å². The van der Waals surface area contributed by atoms with E-state index in [0.717, 1.165) is 11.8 Å². The maximum atomic E-state index is 12.2. The van der Waals surface area contributed by atoms with Crippen LogP contribution in [-0.2, 0) is 10.1 Å². The summed E-state index contributed by atoms with van der Waals surface area (Å²) < 4.78 is 26.8. The predicted molar refractivity (Wildman–Crippen MR) is 89.1 cm³/mol. The molecule has 2 rings (SSSR count). The lowest BCUT2D eigenvalue weighted by Gasteiger charge is -2.13.